The van der Waals surface area contributed by atoms with Gasteiger partial charge in [0.05, 0.1) is 11.2 Å². The number of pyridine rings is 2. The first-order valence-electron chi connectivity index (χ1n) is 5.31. The monoisotopic (exact) mass is 240 g/mol. The Labute approximate surface area is 104 Å². The molecule has 0 saturated heterocycles. The number of hydrogen-bond donors (Lipinski definition) is 0. The highest BCUT2D eigenvalue weighted by Crippen LogP contribution is 2.30. The van der Waals surface area contributed by atoms with Crippen molar-refractivity contribution >= 4 is 22.5 Å². The van der Waals surface area contributed by atoms with Crippen LogP contribution in [0.3, 0.4) is 0 Å². The van der Waals surface area contributed by atoms with Crippen molar-refractivity contribution in [2.75, 3.05) is 0 Å². The zero-order chi connectivity index (χ0) is 11.7. The second-order valence-electron chi connectivity index (χ2n) is 3.71. The van der Waals surface area contributed by atoms with Gasteiger partial charge < -0.3 is 0 Å². The van der Waals surface area contributed by atoms with Crippen molar-refractivity contribution in [2.45, 2.75) is 0 Å². The van der Waals surface area contributed by atoms with Crippen LogP contribution in [0.15, 0.2) is 54.9 Å². The van der Waals surface area contributed by atoms with E-state index in [4.69, 9.17) is 11.6 Å². The number of hydrogen-bond acceptors (Lipinski definition) is 2. The minimum absolute atomic E-state index is 0.705. The molecule has 82 valence electrons. The predicted octanol–water partition coefficient (Wildman–Crippen LogP) is 3.95. The summed E-state index contributed by atoms with van der Waals surface area (Å²) in [5.41, 5.74) is 2.74. The third kappa shape index (κ3) is 1.77. The summed E-state index contributed by atoms with van der Waals surface area (Å²) in [7, 11) is 0. The van der Waals surface area contributed by atoms with Crippen LogP contribution in [0.4, 0.5) is 0 Å². The second kappa shape index (κ2) is 4.15. The SMILES string of the molecule is Clc1ccccc1-c1nccc2ncccc12. The predicted molar refractivity (Wildman–Crippen MR) is 70.0 cm³/mol. The van der Waals surface area contributed by atoms with Gasteiger partial charge in [-0.1, -0.05) is 29.8 Å². The topological polar surface area (TPSA) is 25.8 Å². The first-order chi connectivity index (χ1) is 8.36. The normalized spacial score (nSPS) is 10.6. The van der Waals surface area contributed by atoms with Crippen LogP contribution in [-0.2, 0) is 0 Å². The maximum absolute atomic E-state index is 6.20. The summed E-state index contributed by atoms with van der Waals surface area (Å²) in [5, 5.41) is 1.72. The van der Waals surface area contributed by atoms with Crippen molar-refractivity contribution < 1.29 is 0 Å². The fourth-order valence-corrected chi connectivity index (χ4v) is 2.10. The highest BCUT2D eigenvalue weighted by molar-refractivity contribution is 6.33. The lowest BCUT2D eigenvalue weighted by Gasteiger charge is -2.06. The second-order valence-corrected chi connectivity index (χ2v) is 4.12. The molecule has 0 unspecified atom stereocenters. The Morgan fingerprint density at radius 2 is 1.71 bits per heavy atom. The van der Waals surface area contributed by atoms with E-state index in [9.17, 15) is 0 Å². The number of halogens is 1. The maximum Gasteiger partial charge on any atom is 0.0810 e. The highest BCUT2D eigenvalue weighted by Gasteiger charge is 2.08. The van der Waals surface area contributed by atoms with E-state index in [1.165, 1.54) is 0 Å². The van der Waals surface area contributed by atoms with E-state index in [1.807, 2.05) is 42.5 Å². The Morgan fingerprint density at radius 1 is 0.824 bits per heavy atom. The van der Waals surface area contributed by atoms with E-state index >= 15 is 0 Å². The van der Waals surface area contributed by atoms with Crippen LogP contribution >= 0.6 is 11.6 Å². The smallest absolute Gasteiger partial charge is 0.0810 e. The van der Waals surface area contributed by atoms with Gasteiger partial charge in [0.15, 0.2) is 0 Å². The first kappa shape index (κ1) is 10.2. The minimum Gasteiger partial charge on any atom is -0.256 e. The zero-order valence-electron chi connectivity index (χ0n) is 8.97. The third-order valence-corrected chi connectivity index (χ3v) is 2.99. The molecule has 2 aromatic heterocycles. The fraction of sp³-hybridized carbons (Fsp3) is 0. The van der Waals surface area contributed by atoms with Crippen LogP contribution in [0.5, 0.6) is 0 Å². The van der Waals surface area contributed by atoms with Crippen LogP contribution in [0.2, 0.25) is 5.02 Å². The standard InChI is InChI=1S/C14H9ClN2/c15-12-6-2-1-4-10(12)14-11-5-3-8-16-13(11)7-9-17-14/h1-9H. The lowest BCUT2D eigenvalue weighted by atomic mass is 10.1. The molecule has 2 heterocycles. The van der Waals surface area contributed by atoms with E-state index in [1.54, 1.807) is 12.4 Å². The molecule has 0 saturated carbocycles. The number of rotatable bonds is 1. The summed E-state index contributed by atoms with van der Waals surface area (Å²) in [6.07, 6.45) is 3.53. The summed E-state index contributed by atoms with van der Waals surface area (Å²) in [5.74, 6) is 0. The largest absolute Gasteiger partial charge is 0.256 e. The van der Waals surface area contributed by atoms with Crippen LogP contribution in [-0.4, -0.2) is 9.97 Å². The molecular formula is C14H9ClN2. The van der Waals surface area contributed by atoms with Gasteiger partial charge in [-0.05, 0) is 24.3 Å². The molecule has 3 heteroatoms. The van der Waals surface area contributed by atoms with E-state index in [0.717, 1.165) is 22.2 Å². The van der Waals surface area contributed by atoms with E-state index in [-0.39, 0.29) is 0 Å². The Hall–Kier alpha value is -1.93. The Kier molecular flexibility index (Phi) is 2.50. The van der Waals surface area contributed by atoms with Crippen molar-refractivity contribution in [2.24, 2.45) is 0 Å². The molecule has 0 aliphatic heterocycles. The Morgan fingerprint density at radius 3 is 2.59 bits per heavy atom. The van der Waals surface area contributed by atoms with Gasteiger partial charge in [-0.15, -0.1) is 0 Å². The van der Waals surface area contributed by atoms with E-state index in [2.05, 4.69) is 9.97 Å². The molecule has 1 aromatic carbocycles. The number of fused-ring (bicyclic) bond motifs is 1. The van der Waals surface area contributed by atoms with Gasteiger partial charge in [0, 0.05) is 28.4 Å². The van der Waals surface area contributed by atoms with E-state index < -0.39 is 0 Å². The molecule has 0 aliphatic rings. The van der Waals surface area contributed by atoms with Crippen molar-refractivity contribution in [3.05, 3.63) is 59.9 Å². The van der Waals surface area contributed by atoms with Crippen molar-refractivity contribution in [3.63, 3.8) is 0 Å². The molecule has 3 rings (SSSR count). The molecule has 0 amide bonds. The number of benzene rings is 1. The molecule has 3 aromatic rings. The van der Waals surface area contributed by atoms with Crippen LogP contribution in [0.1, 0.15) is 0 Å². The molecule has 17 heavy (non-hydrogen) atoms. The molecule has 0 aliphatic carbocycles. The third-order valence-electron chi connectivity index (χ3n) is 2.66. The highest BCUT2D eigenvalue weighted by atomic mass is 35.5. The zero-order valence-corrected chi connectivity index (χ0v) is 9.72. The molecule has 0 radical (unpaired) electrons. The molecule has 0 atom stereocenters. The van der Waals surface area contributed by atoms with Crippen LogP contribution in [0, 0.1) is 0 Å². The van der Waals surface area contributed by atoms with Gasteiger partial charge >= 0.3 is 0 Å². The Bertz CT molecular complexity index is 674. The molecule has 2 nitrogen and oxygen atoms in total. The summed E-state index contributed by atoms with van der Waals surface area (Å²) in [4.78, 5) is 8.73. The number of aromatic nitrogens is 2. The quantitative estimate of drug-likeness (QED) is 0.644. The minimum atomic E-state index is 0.705. The van der Waals surface area contributed by atoms with Gasteiger partial charge in [-0.3, -0.25) is 9.97 Å². The van der Waals surface area contributed by atoms with Crippen LogP contribution < -0.4 is 0 Å². The van der Waals surface area contributed by atoms with Gasteiger partial charge in [-0.25, -0.2) is 0 Å². The van der Waals surface area contributed by atoms with Gasteiger partial charge in [0.2, 0.25) is 0 Å². The average Bonchev–Trinajstić information content (AvgIpc) is 2.39. The van der Waals surface area contributed by atoms with Gasteiger partial charge in [-0.2, -0.15) is 0 Å². The summed E-state index contributed by atoms with van der Waals surface area (Å²) in [6, 6.07) is 13.5. The number of nitrogens with zero attached hydrogens (tertiary/aromatic N) is 2. The molecule has 0 bridgehead atoms. The van der Waals surface area contributed by atoms with Crippen molar-refractivity contribution in [3.8, 4) is 11.3 Å². The van der Waals surface area contributed by atoms with Crippen LogP contribution in [0.25, 0.3) is 22.2 Å². The first-order valence-corrected chi connectivity index (χ1v) is 5.69. The molecule has 0 fully saturated rings. The summed E-state index contributed by atoms with van der Waals surface area (Å²) in [6.45, 7) is 0. The molecular weight excluding hydrogens is 232 g/mol. The fourth-order valence-electron chi connectivity index (χ4n) is 1.87. The Balaban J connectivity index is 2.35. The summed E-state index contributed by atoms with van der Waals surface area (Å²) < 4.78 is 0. The van der Waals surface area contributed by atoms with Gasteiger partial charge in [0.1, 0.15) is 0 Å². The average molecular weight is 241 g/mol. The maximum atomic E-state index is 6.20. The summed E-state index contributed by atoms with van der Waals surface area (Å²) >= 11 is 6.20. The molecule has 0 spiro atoms. The van der Waals surface area contributed by atoms with Gasteiger partial charge in [0.25, 0.3) is 0 Å². The molecule has 0 N–H and O–H groups in total. The van der Waals surface area contributed by atoms with Crippen molar-refractivity contribution in [1.82, 2.24) is 9.97 Å². The van der Waals surface area contributed by atoms with E-state index in [0.29, 0.717) is 5.02 Å². The van der Waals surface area contributed by atoms with Crippen molar-refractivity contribution in [1.29, 1.82) is 0 Å². The lowest BCUT2D eigenvalue weighted by Crippen LogP contribution is -1.88. The lowest BCUT2D eigenvalue weighted by molar-refractivity contribution is 1.32.